The molecule has 1 aliphatic rings. The van der Waals surface area contributed by atoms with Crippen LogP contribution < -0.4 is 10.5 Å². The minimum Gasteiger partial charge on any atom is -0.354 e. The molecule has 0 spiro atoms. The van der Waals surface area contributed by atoms with Crippen LogP contribution in [0.1, 0.15) is 23.6 Å². The highest BCUT2D eigenvalue weighted by Gasteiger charge is 2.31. The van der Waals surface area contributed by atoms with Crippen LogP contribution in [0.15, 0.2) is 41.5 Å². The van der Waals surface area contributed by atoms with Crippen LogP contribution in [0.2, 0.25) is 0 Å². The normalized spacial score (nSPS) is 15.7. The summed E-state index contributed by atoms with van der Waals surface area (Å²) >= 11 is 0. The zero-order chi connectivity index (χ0) is 21.3. The van der Waals surface area contributed by atoms with Crippen molar-refractivity contribution in [1.82, 2.24) is 19.9 Å². The molecule has 6 nitrogen and oxygen atoms in total. The van der Waals surface area contributed by atoms with E-state index in [1.54, 1.807) is 0 Å². The van der Waals surface area contributed by atoms with Crippen molar-refractivity contribution in [3.05, 3.63) is 63.7 Å². The van der Waals surface area contributed by atoms with E-state index in [1.165, 1.54) is 6.07 Å². The largest absolute Gasteiger partial charge is 0.417 e. The summed E-state index contributed by atoms with van der Waals surface area (Å²) in [5.41, 5.74) is 2.40. The molecule has 3 aromatic heterocycles. The van der Waals surface area contributed by atoms with Gasteiger partial charge in [-0.05, 0) is 36.2 Å². The van der Waals surface area contributed by atoms with Crippen molar-refractivity contribution in [2.75, 3.05) is 31.1 Å². The summed E-state index contributed by atoms with van der Waals surface area (Å²) in [6, 6.07) is 6.27. The molecule has 0 aliphatic carbocycles. The van der Waals surface area contributed by atoms with Crippen molar-refractivity contribution in [2.45, 2.75) is 26.1 Å². The van der Waals surface area contributed by atoms with Crippen LogP contribution in [0, 0.1) is 0 Å². The number of aromatic amines is 1. The van der Waals surface area contributed by atoms with E-state index < -0.39 is 11.7 Å². The van der Waals surface area contributed by atoms with Crippen LogP contribution in [-0.4, -0.2) is 46.0 Å². The van der Waals surface area contributed by atoms with Crippen LogP contribution in [0.4, 0.5) is 19.0 Å². The van der Waals surface area contributed by atoms with E-state index in [1.807, 2.05) is 30.2 Å². The SMILES string of the molecule is CCc1cc2ncc(CN3CCN(c4ccc(C(F)(F)F)cn4)CC3)cc2[nH]c1=O. The molecule has 0 radical (unpaired) electrons. The van der Waals surface area contributed by atoms with Gasteiger partial charge in [0.05, 0.1) is 16.6 Å². The quantitative estimate of drug-likeness (QED) is 0.706. The lowest BCUT2D eigenvalue weighted by atomic mass is 10.1. The van der Waals surface area contributed by atoms with Gasteiger partial charge in [0.15, 0.2) is 0 Å². The summed E-state index contributed by atoms with van der Waals surface area (Å²) in [4.78, 5) is 27.6. The van der Waals surface area contributed by atoms with Crippen molar-refractivity contribution in [2.24, 2.45) is 0 Å². The predicted octanol–water partition coefficient (Wildman–Crippen LogP) is 3.22. The Bertz CT molecular complexity index is 1090. The number of nitrogens with one attached hydrogen (secondary N) is 1. The fourth-order valence-electron chi connectivity index (χ4n) is 3.65. The van der Waals surface area contributed by atoms with E-state index >= 15 is 0 Å². The molecule has 1 saturated heterocycles. The third kappa shape index (κ3) is 4.30. The Morgan fingerprint density at radius 3 is 2.47 bits per heavy atom. The van der Waals surface area contributed by atoms with Gasteiger partial charge in [0, 0.05) is 50.7 Å². The van der Waals surface area contributed by atoms with Crippen molar-refractivity contribution in [1.29, 1.82) is 0 Å². The number of hydrogen-bond acceptors (Lipinski definition) is 5. The van der Waals surface area contributed by atoms with Gasteiger partial charge in [-0.1, -0.05) is 6.92 Å². The lowest BCUT2D eigenvalue weighted by molar-refractivity contribution is -0.137. The monoisotopic (exact) mass is 417 g/mol. The summed E-state index contributed by atoms with van der Waals surface area (Å²) < 4.78 is 38.1. The van der Waals surface area contributed by atoms with E-state index in [2.05, 4.69) is 19.9 Å². The number of aromatic nitrogens is 3. The molecule has 0 aromatic carbocycles. The first-order valence-corrected chi connectivity index (χ1v) is 9.85. The first-order chi connectivity index (χ1) is 14.3. The van der Waals surface area contributed by atoms with E-state index in [0.717, 1.165) is 47.5 Å². The Morgan fingerprint density at radius 1 is 1.07 bits per heavy atom. The summed E-state index contributed by atoms with van der Waals surface area (Å²) in [5, 5.41) is 0. The summed E-state index contributed by atoms with van der Waals surface area (Å²) in [5.74, 6) is 0.555. The number of fused-ring (bicyclic) bond motifs is 1. The lowest BCUT2D eigenvalue weighted by Crippen LogP contribution is -2.46. The molecule has 4 rings (SSSR count). The van der Waals surface area contributed by atoms with E-state index in [-0.39, 0.29) is 5.56 Å². The van der Waals surface area contributed by atoms with Crippen molar-refractivity contribution >= 4 is 16.9 Å². The first-order valence-electron chi connectivity index (χ1n) is 9.85. The number of anilines is 1. The van der Waals surface area contributed by atoms with Crippen LogP contribution in [0.25, 0.3) is 11.0 Å². The number of nitrogens with zero attached hydrogens (tertiary/aromatic N) is 4. The van der Waals surface area contributed by atoms with Gasteiger partial charge in [-0.3, -0.25) is 14.7 Å². The Labute approximate surface area is 171 Å². The third-order valence-electron chi connectivity index (χ3n) is 5.38. The average molecular weight is 417 g/mol. The Hall–Kier alpha value is -2.94. The summed E-state index contributed by atoms with van der Waals surface area (Å²) in [6.45, 7) is 5.49. The maximum Gasteiger partial charge on any atom is 0.417 e. The number of pyridine rings is 3. The van der Waals surface area contributed by atoms with Gasteiger partial charge in [-0.25, -0.2) is 4.98 Å². The molecule has 0 atom stereocenters. The third-order valence-corrected chi connectivity index (χ3v) is 5.38. The molecule has 4 heterocycles. The summed E-state index contributed by atoms with van der Waals surface area (Å²) in [6.07, 6.45) is -1.01. The van der Waals surface area contributed by atoms with Gasteiger partial charge < -0.3 is 9.88 Å². The van der Waals surface area contributed by atoms with Crippen LogP contribution in [-0.2, 0) is 19.1 Å². The van der Waals surface area contributed by atoms with Gasteiger partial charge >= 0.3 is 6.18 Å². The molecule has 3 aromatic rings. The predicted molar refractivity (Wildman–Crippen MR) is 108 cm³/mol. The second-order valence-corrected chi connectivity index (χ2v) is 7.42. The number of halogens is 3. The Morgan fingerprint density at radius 2 is 1.83 bits per heavy atom. The highest BCUT2D eigenvalue weighted by atomic mass is 19.4. The molecule has 1 fully saturated rings. The molecule has 1 N–H and O–H groups in total. The number of H-pyrrole nitrogens is 1. The maximum atomic E-state index is 12.7. The average Bonchev–Trinajstić information content (AvgIpc) is 2.73. The Balaban J connectivity index is 1.39. The van der Waals surface area contributed by atoms with Gasteiger partial charge in [0.25, 0.3) is 5.56 Å². The molecule has 9 heteroatoms. The van der Waals surface area contributed by atoms with Gasteiger partial charge in [-0.15, -0.1) is 0 Å². The molecule has 30 heavy (non-hydrogen) atoms. The number of aryl methyl sites for hydroxylation is 1. The minimum atomic E-state index is -4.37. The first kappa shape index (κ1) is 20.3. The molecule has 0 amide bonds. The number of piperazine rings is 1. The fraction of sp³-hybridized carbons (Fsp3) is 0.381. The second kappa shape index (κ2) is 8.06. The fourth-order valence-corrected chi connectivity index (χ4v) is 3.65. The maximum absolute atomic E-state index is 12.7. The molecular weight excluding hydrogens is 395 g/mol. The molecular formula is C21H22F3N5O. The molecule has 0 unspecified atom stereocenters. The highest BCUT2D eigenvalue weighted by molar-refractivity contribution is 5.74. The van der Waals surface area contributed by atoms with Gasteiger partial charge in [0.1, 0.15) is 5.82 Å². The topological polar surface area (TPSA) is 65.1 Å². The standard InChI is InChI=1S/C21H22F3N5O/c1-2-15-10-17-18(27-20(15)30)9-14(11-25-17)13-28-5-7-29(8-6-28)19-4-3-16(12-26-19)21(22,23)24/h3-4,9-12H,2,5-8,13H2,1H3,(H,27,30). The zero-order valence-corrected chi connectivity index (χ0v) is 16.5. The molecule has 1 aliphatic heterocycles. The number of hydrogen-bond donors (Lipinski definition) is 1. The van der Waals surface area contributed by atoms with Crippen molar-refractivity contribution in [3.63, 3.8) is 0 Å². The van der Waals surface area contributed by atoms with E-state index in [4.69, 9.17) is 0 Å². The highest BCUT2D eigenvalue weighted by Crippen LogP contribution is 2.29. The number of alkyl halides is 3. The van der Waals surface area contributed by atoms with Crippen molar-refractivity contribution < 1.29 is 13.2 Å². The zero-order valence-electron chi connectivity index (χ0n) is 16.5. The molecule has 0 saturated carbocycles. The Kier molecular flexibility index (Phi) is 5.46. The van der Waals surface area contributed by atoms with Crippen LogP contribution in [0.3, 0.4) is 0 Å². The second-order valence-electron chi connectivity index (χ2n) is 7.42. The van der Waals surface area contributed by atoms with Crippen molar-refractivity contribution in [3.8, 4) is 0 Å². The van der Waals surface area contributed by atoms with Gasteiger partial charge in [-0.2, -0.15) is 13.2 Å². The van der Waals surface area contributed by atoms with Crippen LogP contribution in [0.5, 0.6) is 0 Å². The summed E-state index contributed by atoms with van der Waals surface area (Å²) in [7, 11) is 0. The van der Waals surface area contributed by atoms with E-state index in [9.17, 15) is 18.0 Å². The molecule has 0 bridgehead atoms. The van der Waals surface area contributed by atoms with Crippen LogP contribution >= 0.6 is 0 Å². The lowest BCUT2D eigenvalue weighted by Gasteiger charge is -2.35. The smallest absolute Gasteiger partial charge is 0.354 e. The number of rotatable bonds is 4. The minimum absolute atomic E-state index is 0.0818. The molecule has 158 valence electrons. The van der Waals surface area contributed by atoms with E-state index in [0.29, 0.717) is 31.9 Å². The van der Waals surface area contributed by atoms with Gasteiger partial charge in [0.2, 0.25) is 0 Å².